The summed E-state index contributed by atoms with van der Waals surface area (Å²) < 4.78 is 0. The van der Waals surface area contributed by atoms with E-state index in [1.54, 1.807) is 6.08 Å². The molecule has 1 aliphatic carbocycles. The smallest absolute Gasteiger partial charge is 0.550 e. The minimum absolute atomic E-state index is 0. The summed E-state index contributed by atoms with van der Waals surface area (Å²) in [7, 11) is 0. The minimum Gasteiger partial charge on any atom is -0.550 e. The summed E-state index contributed by atoms with van der Waals surface area (Å²) in [6.07, 6.45) is 9.76. The summed E-state index contributed by atoms with van der Waals surface area (Å²) in [6.45, 7) is 2.13. The van der Waals surface area contributed by atoms with Crippen LogP contribution in [0.3, 0.4) is 0 Å². The Labute approximate surface area is 149 Å². The van der Waals surface area contributed by atoms with Crippen LogP contribution in [0, 0.1) is 5.92 Å². The van der Waals surface area contributed by atoms with Crippen molar-refractivity contribution in [3.63, 3.8) is 0 Å². The van der Waals surface area contributed by atoms with Crippen molar-refractivity contribution in [3.05, 3.63) is 12.2 Å². The molecule has 0 amide bonds. The van der Waals surface area contributed by atoms with Gasteiger partial charge in [-0.2, -0.15) is 0 Å². The summed E-state index contributed by atoms with van der Waals surface area (Å²) in [5.41, 5.74) is -1.14. The summed E-state index contributed by atoms with van der Waals surface area (Å²) in [5, 5.41) is 30.7. The number of unbranched alkanes of at least 4 members (excludes halogenated alkanes) is 2. The molecule has 1 rings (SSSR count). The Kier molecular flexibility index (Phi) is 10.9. The van der Waals surface area contributed by atoms with Crippen LogP contribution < -0.4 is 34.7 Å². The zero-order valence-electron chi connectivity index (χ0n) is 13.4. The second-order valence-electron chi connectivity index (χ2n) is 6.08. The van der Waals surface area contributed by atoms with E-state index in [1.807, 2.05) is 6.08 Å². The van der Waals surface area contributed by atoms with Gasteiger partial charge in [-0.15, -0.1) is 0 Å². The van der Waals surface area contributed by atoms with E-state index >= 15 is 0 Å². The maximum absolute atomic E-state index is 10.7. The van der Waals surface area contributed by atoms with Crippen LogP contribution in [0.1, 0.15) is 64.7 Å². The van der Waals surface area contributed by atoms with Gasteiger partial charge in [-0.05, 0) is 38.0 Å². The minimum atomic E-state index is -1.20. The number of hydrogen-bond acceptors (Lipinski definition) is 4. The van der Waals surface area contributed by atoms with Gasteiger partial charge >= 0.3 is 29.6 Å². The van der Waals surface area contributed by atoms with Gasteiger partial charge in [-0.25, -0.2) is 0 Å². The molecule has 1 aliphatic rings. The SMILES string of the molecule is CCCCCC(O)/C=C/[C@H]1CCC[C@](O)(CC(=O)[O-])C1.[Na+]. The molecule has 4 nitrogen and oxygen atoms in total. The summed E-state index contributed by atoms with van der Waals surface area (Å²) in [5.74, 6) is -1.05. The normalized spacial score (nSPS) is 27.3. The molecule has 1 unspecified atom stereocenters. The van der Waals surface area contributed by atoms with E-state index in [1.165, 1.54) is 0 Å². The Morgan fingerprint density at radius 2 is 2.19 bits per heavy atom. The monoisotopic (exact) mass is 306 g/mol. The van der Waals surface area contributed by atoms with E-state index in [2.05, 4.69) is 6.92 Å². The van der Waals surface area contributed by atoms with E-state index in [4.69, 9.17) is 0 Å². The van der Waals surface area contributed by atoms with Gasteiger partial charge in [-0.3, -0.25) is 0 Å². The number of hydrogen-bond donors (Lipinski definition) is 2. The zero-order valence-corrected chi connectivity index (χ0v) is 15.4. The number of carbonyl (C=O) groups is 1. The van der Waals surface area contributed by atoms with E-state index < -0.39 is 17.7 Å². The first-order valence-corrected chi connectivity index (χ1v) is 7.74. The van der Waals surface area contributed by atoms with Gasteiger partial charge in [0.25, 0.3) is 0 Å². The number of rotatable bonds is 8. The molecule has 1 saturated carbocycles. The maximum Gasteiger partial charge on any atom is 1.00 e. The molecule has 0 aromatic rings. The van der Waals surface area contributed by atoms with Gasteiger partial charge in [-0.1, -0.05) is 38.3 Å². The van der Waals surface area contributed by atoms with Crippen LogP contribution in [-0.2, 0) is 4.79 Å². The number of carbonyl (C=O) groups excluding carboxylic acids is 1. The van der Waals surface area contributed by atoms with Crippen molar-refractivity contribution < 1.29 is 49.7 Å². The standard InChI is InChI=1S/C16H28O4.Na/c1-2-3-4-7-14(17)9-8-13-6-5-10-16(20,11-13)12-15(18)19;/h8-9,13-14,17,20H,2-7,10-12H2,1H3,(H,18,19);/q;+1/p-1/b9-8+;/t13-,14?,16-;/m1./s1. The average Bonchev–Trinajstić information content (AvgIpc) is 2.35. The molecule has 5 heteroatoms. The van der Waals surface area contributed by atoms with E-state index in [0.29, 0.717) is 12.8 Å². The number of aliphatic hydroxyl groups excluding tert-OH is 1. The first-order chi connectivity index (χ1) is 9.45. The fourth-order valence-electron chi connectivity index (χ4n) is 2.96. The molecule has 0 aliphatic heterocycles. The molecule has 116 valence electrons. The van der Waals surface area contributed by atoms with Gasteiger partial charge < -0.3 is 20.1 Å². The molecule has 0 aromatic carbocycles. The Balaban J connectivity index is 0.00000400. The molecular weight excluding hydrogens is 279 g/mol. The van der Waals surface area contributed by atoms with Gasteiger partial charge in [0.15, 0.2) is 0 Å². The largest absolute Gasteiger partial charge is 1.00 e. The van der Waals surface area contributed by atoms with E-state index in [-0.39, 0.29) is 41.9 Å². The summed E-state index contributed by atoms with van der Waals surface area (Å²) in [6, 6.07) is 0. The second kappa shape index (κ2) is 10.8. The summed E-state index contributed by atoms with van der Waals surface area (Å²) in [4.78, 5) is 10.7. The fraction of sp³-hybridized carbons (Fsp3) is 0.812. The molecule has 0 radical (unpaired) electrons. The molecule has 0 heterocycles. The van der Waals surface area contributed by atoms with Crippen molar-refractivity contribution in [1.82, 2.24) is 0 Å². The van der Waals surface area contributed by atoms with Crippen molar-refractivity contribution in [2.24, 2.45) is 5.92 Å². The number of aliphatic hydroxyl groups is 2. The number of carboxylic acid groups (broad SMARTS) is 1. The number of carboxylic acids is 1. The average molecular weight is 306 g/mol. The molecule has 0 spiro atoms. The van der Waals surface area contributed by atoms with Crippen LogP contribution in [0.25, 0.3) is 0 Å². The molecular formula is C16H27NaO4. The predicted octanol–water partition coefficient (Wildman–Crippen LogP) is -1.45. The third-order valence-electron chi connectivity index (χ3n) is 4.04. The van der Waals surface area contributed by atoms with Crippen molar-refractivity contribution in [3.8, 4) is 0 Å². The second-order valence-corrected chi connectivity index (χ2v) is 6.08. The molecule has 21 heavy (non-hydrogen) atoms. The fourth-order valence-corrected chi connectivity index (χ4v) is 2.96. The third kappa shape index (κ3) is 8.99. The van der Waals surface area contributed by atoms with Crippen LogP contribution in [0.5, 0.6) is 0 Å². The Hall–Kier alpha value is 0.130. The van der Waals surface area contributed by atoms with Crippen molar-refractivity contribution >= 4 is 5.97 Å². The third-order valence-corrected chi connectivity index (χ3v) is 4.04. The number of aliphatic carboxylic acids is 1. The number of allylic oxidation sites excluding steroid dienone is 1. The molecule has 0 aromatic heterocycles. The van der Waals surface area contributed by atoms with Gasteiger partial charge in [0, 0.05) is 12.4 Å². The van der Waals surface area contributed by atoms with Crippen LogP contribution in [0.15, 0.2) is 12.2 Å². The molecule has 2 N–H and O–H groups in total. The molecule has 3 atom stereocenters. The van der Waals surface area contributed by atoms with Crippen LogP contribution >= 0.6 is 0 Å². The van der Waals surface area contributed by atoms with Gasteiger partial charge in [0.05, 0.1) is 11.7 Å². The van der Waals surface area contributed by atoms with Crippen LogP contribution in [0.4, 0.5) is 0 Å². The van der Waals surface area contributed by atoms with Gasteiger partial charge in [0.1, 0.15) is 0 Å². The van der Waals surface area contributed by atoms with E-state index in [0.717, 1.165) is 38.5 Å². The molecule has 0 bridgehead atoms. The Morgan fingerprint density at radius 1 is 1.48 bits per heavy atom. The Morgan fingerprint density at radius 3 is 2.81 bits per heavy atom. The maximum atomic E-state index is 10.7. The van der Waals surface area contributed by atoms with Crippen LogP contribution in [-0.4, -0.2) is 27.9 Å². The predicted molar refractivity (Wildman–Crippen MR) is 75.8 cm³/mol. The van der Waals surface area contributed by atoms with Crippen LogP contribution in [0.2, 0.25) is 0 Å². The van der Waals surface area contributed by atoms with Crippen molar-refractivity contribution in [1.29, 1.82) is 0 Å². The summed E-state index contributed by atoms with van der Waals surface area (Å²) >= 11 is 0. The van der Waals surface area contributed by atoms with Crippen molar-refractivity contribution in [2.75, 3.05) is 0 Å². The van der Waals surface area contributed by atoms with E-state index in [9.17, 15) is 20.1 Å². The quantitative estimate of drug-likeness (QED) is 0.327. The first-order valence-electron chi connectivity index (χ1n) is 7.74. The zero-order chi connectivity index (χ0) is 15.0. The molecule has 1 fully saturated rings. The topological polar surface area (TPSA) is 80.6 Å². The Bertz CT molecular complexity index is 332. The molecule has 0 saturated heterocycles. The van der Waals surface area contributed by atoms with Gasteiger partial charge in [0.2, 0.25) is 0 Å². The van der Waals surface area contributed by atoms with Crippen molar-refractivity contribution in [2.45, 2.75) is 76.4 Å². The first kappa shape index (κ1) is 21.1.